The first kappa shape index (κ1) is 11.2. The lowest BCUT2D eigenvalue weighted by Crippen LogP contribution is -2.44. The van der Waals surface area contributed by atoms with Crippen LogP contribution in [0.4, 0.5) is 5.82 Å². The second-order valence-electron chi connectivity index (χ2n) is 4.52. The van der Waals surface area contributed by atoms with Crippen LogP contribution in [0.1, 0.15) is 25.3 Å². The van der Waals surface area contributed by atoms with E-state index in [1.807, 2.05) is 26.0 Å². The predicted octanol–water partition coefficient (Wildman–Crippen LogP) is 0.908. The number of nitrogens with zero attached hydrogens (tertiary/aromatic N) is 1. The van der Waals surface area contributed by atoms with Crippen molar-refractivity contribution in [2.45, 2.75) is 19.8 Å². The summed E-state index contributed by atoms with van der Waals surface area (Å²) in [5.74, 6) is 1.22. The third kappa shape index (κ3) is 2.27. The van der Waals surface area contributed by atoms with Gasteiger partial charge in [-0.25, -0.2) is 0 Å². The van der Waals surface area contributed by atoms with Crippen LogP contribution in [0.2, 0.25) is 0 Å². The summed E-state index contributed by atoms with van der Waals surface area (Å²) >= 11 is 0. The number of H-pyrrole nitrogens is 1. The summed E-state index contributed by atoms with van der Waals surface area (Å²) in [6, 6.07) is 3.96. The summed E-state index contributed by atoms with van der Waals surface area (Å²) < 4.78 is 0. The van der Waals surface area contributed by atoms with E-state index in [1.54, 1.807) is 0 Å². The summed E-state index contributed by atoms with van der Waals surface area (Å²) in [4.78, 5) is 17.0. The number of aromatic amines is 1. The lowest BCUT2D eigenvalue weighted by atomic mass is 10.1. The average Bonchev–Trinajstić information content (AvgIpc) is 2.29. The van der Waals surface area contributed by atoms with E-state index in [1.165, 1.54) is 0 Å². The molecule has 0 saturated carbocycles. The molecule has 0 spiro atoms. The van der Waals surface area contributed by atoms with Gasteiger partial charge in [-0.05, 0) is 18.1 Å². The molecule has 1 aromatic rings. The van der Waals surface area contributed by atoms with Crippen molar-refractivity contribution in [3.05, 3.63) is 28.0 Å². The van der Waals surface area contributed by atoms with Gasteiger partial charge in [-0.15, -0.1) is 0 Å². The van der Waals surface area contributed by atoms with E-state index < -0.39 is 0 Å². The summed E-state index contributed by atoms with van der Waals surface area (Å²) in [6.07, 6.45) is 0. The van der Waals surface area contributed by atoms with Gasteiger partial charge in [0.2, 0.25) is 0 Å². The van der Waals surface area contributed by atoms with Gasteiger partial charge < -0.3 is 15.2 Å². The Morgan fingerprint density at radius 2 is 1.94 bits per heavy atom. The largest absolute Gasteiger partial charge is 0.356 e. The molecular weight excluding hydrogens is 202 g/mol. The minimum absolute atomic E-state index is 0.0473. The maximum absolute atomic E-state index is 11.8. The van der Waals surface area contributed by atoms with Crippen LogP contribution >= 0.6 is 0 Å². The fourth-order valence-electron chi connectivity index (χ4n) is 2.02. The van der Waals surface area contributed by atoms with Gasteiger partial charge >= 0.3 is 0 Å². The van der Waals surface area contributed by atoms with Gasteiger partial charge in [-0.3, -0.25) is 4.79 Å². The summed E-state index contributed by atoms with van der Waals surface area (Å²) in [5.41, 5.74) is 0.907. The molecule has 16 heavy (non-hydrogen) atoms. The van der Waals surface area contributed by atoms with Crippen LogP contribution in [0.5, 0.6) is 0 Å². The number of aromatic nitrogens is 1. The lowest BCUT2D eigenvalue weighted by Gasteiger charge is -2.29. The van der Waals surface area contributed by atoms with Gasteiger partial charge in [-0.1, -0.05) is 13.8 Å². The minimum Gasteiger partial charge on any atom is -0.356 e. The molecule has 4 heteroatoms. The van der Waals surface area contributed by atoms with E-state index in [-0.39, 0.29) is 11.5 Å². The van der Waals surface area contributed by atoms with Crippen molar-refractivity contribution in [2.75, 3.05) is 31.1 Å². The van der Waals surface area contributed by atoms with E-state index in [0.29, 0.717) is 0 Å². The molecule has 88 valence electrons. The van der Waals surface area contributed by atoms with E-state index in [0.717, 1.165) is 37.6 Å². The highest BCUT2D eigenvalue weighted by Gasteiger charge is 2.12. The number of rotatable bonds is 2. The van der Waals surface area contributed by atoms with Crippen LogP contribution in [0.15, 0.2) is 16.9 Å². The van der Waals surface area contributed by atoms with Gasteiger partial charge in [0.25, 0.3) is 5.56 Å². The van der Waals surface area contributed by atoms with Crippen LogP contribution in [0.25, 0.3) is 0 Å². The van der Waals surface area contributed by atoms with E-state index >= 15 is 0 Å². The molecule has 1 aromatic heterocycles. The second-order valence-corrected chi connectivity index (χ2v) is 4.52. The summed E-state index contributed by atoms with van der Waals surface area (Å²) in [7, 11) is 0. The molecule has 0 aliphatic carbocycles. The van der Waals surface area contributed by atoms with Crippen molar-refractivity contribution in [3.8, 4) is 0 Å². The van der Waals surface area contributed by atoms with Crippen LogP contribution in [0, 0.1) is 0 Å². The summed E-state index contributed by atoms with van der Waals surface area (Å²) in [6.45, 7) is 7.94. The Morgan fingerprint density at radius 1 is 1.25 bits per heavy atom. The van der Waals surface area contributed by atoms with Crippen molar-refractivity contribution >= 4 is 5.82 Å². The third-order valence-corrected chi connectivity index (χ3v) is 3.00. The molecule has 2 rings (SSSR count). The molecule has 0 aromatic carbocycles. The Kier molecular flexibility index (Phi) is 3.29. The average molecular weight is 221 g/mol. The predicted molar refractivity (Wildman–Crippen MR) is 66.2 cm³/mol. The normalized spacial score (nSPS) is 16.8. The molecule has 2 heterocycles. The lowest BCUT2D eigenvalue weighted by molar-refractivity contribution is 0.584. The van der Waals surface area contributed by atoms with Crippen molar-refractivity contribution in [2.24, 2.45) is 0 Å². The highest BCUT2D eigenvalue weighted by atomic mass is 16.1. The Balaban J connectivity index is 2.23. The smallest absolute Gasteiger partial charge is 0.252 e. The van der Waals surface area contributed by atoms with Crippen molar-refractivity contribution in [1.82, 2.24) is 10.3 Å². The van der Waals surface area contributed by atoms with Crippen LogP contribution in [0.3, 0.4) is 0 Å². The molecule has 2 N–H and O–H groups in total. The number of anilines is 1. The molecule has 1 saturated heterocycles. The van der Waals surface area contributed by atoms with Crippen LogP contribution < -0.4 is 15.8 Å². The first-order chi connectivity index (χ1) is 7.68. The van der Waals surface area contributed by atoms with E-state index in [2.05, 4.69) is 15.2 Å². The highest BCUT2D eigenvalue weighted by Crippen LogP contribution is 2.13. The van der Waals surface area contributed by atoms with Crippen LogP contribution in [-0.2, 0) is 0 Å². The molecule has 0 amide bonds. The number of pyridine rings is 1. The fourth-order valence-corrected chi connectivity index (χ4v) is 2.02. The number of nitrogens with one attached hydrogen (secondary N) is 2. The molecular formula is C12H19N3O. The second kappa shape index (κ2) is 4.70. The zero-order valence-corrected chi connectivity index (χ0v) is 9.92. The van der Waals surface area contributed by atoms with Gasteiger partial charge in [0.15, 0.2) is 0 Å². The third-order valence-electron chi connectivity index (χ3n) is 3.00. The van der Waals surface area contributed by atoms with Crippen molar-refractivity contribution in [3.63, 3.8) is 0 Å². The number of hydrogen-bond donors (Lipinski definition) is 2. The van der Waals surface area contributed by atoms with Gasteiger partial charge in [0.05, 0.1) is 0 Å². The maximum atomic E-state index is 11.8. The zero-order valence-electron chi connectivity index (χ0n) is 9.92. The maximum Gasteiger partial charge on any atom is 0.252 e. The monoisotopic (exact) mass is 221 g/mol. The molecule has 0 radical (unpaired) electrons. The number of piperazine rings is 1. The topological polar surface area (TPSA) is 48.1 Å². The molecule has 4 nitrogen and oxygen atoms in total. The van der Waals surface area contributed by atoms with Gasteiger partial charge in [0, 0.05) is 31.7 Å². The van der Waals surface area contributed by atoms with E-state index in [9.17, 15) is 4.79 Å². The van der Waals surface area contributed by atoms with Crippen molar-refractivity contribution in [1.29, 1.82) is 0 Å². The zero-order chi connectivity index (χ0) is 11.5. The standard InChI is InChI=1S/C12H19N3O/c1-9(2)10-3-4-11(14-12(10)16)15-7-5-13-6-8-15/h3-4,9,13H,5-8H2,1-2H3,(H,14,16). The first-order valence-electron chi connectivity index (χ1n) is 5.87. The first-order valence-corrected chi connectivity index (χ1v) is 5.87. The fraction of sp³-hybridized carbons (Fsp3) is 0.583. The molecule has 1 aliphatic heterocycles. The van der Waals surface area contributed by atoms with Gasteiger partial charge in [-0.2, -0.15) is 0 Å². The molecule has 0 bridgehead atoms. The molecule has 1 aliphatic rings. The molecule has 0 atom stereocenters. The van der Waals surface area contributed by atoms with Crippen molar-refractivity contribution < 1.29 is 0 Å². The SMILES string of the molecule is CC(C)c1ccc(N2CCNCC2)[nH]c1=O. The molecule has 1 fully saturated rings. The highest BCUT2D eigenvalue weighted by molar-refractivity contribution is 5.40. The Bertz CT molecular complexity index is 405. The summed E-state index contributed by atoms with van der Waals surface area (Å²) in [5, 5.41) is 3.30. The molecule has 0 unspecified atom stereocenters. The minimum atomic E-state index is 0.0473. The Morgan fingerprint density at radius 3 is 2.50 bits per heavy atom. The Hall–Kier alpha value is -1.29. The number of hydrogen-bond acceptors (Lipinski definition) is 3. The van der Waals surface area contributed by atoms with E-state index in [4.69, 9.17) is 0 Å². The van der Waals surface area contributed by atoms with Gasteiger partial charge in [0.1, 0.15) is 5.82 Å². The Labute approximate surface area is 95.7 Å². The van der Waals surface area contributed by atoms with Crippen LogP contribution in [-0.4, -0.2) is 31.2 Å². The quantitative estimate of drug-likeness (QED) is 0.780.